The van der Waals surface area contributed by atoms with Gasteiger partial charge in [-0.15, -0.1) is 0 Å². The van der Waals surface area contributed by atoms with Crippen LogP contribution in [0.3, 0.4) is 0 Å². The molecule has 0 unspecified atom stereocenters. The molecule has 0 aromatic carbocycles. The Balaban J connectivity index is 2.18. The predicted octanol–water partition coefficient (Wildman–Crippen LogP) is 3.42. The van der Waals surface area contributed by atoms with Crippen LogP contribution in [0.15, 0.2) is 10.4 Å². The summed E-state index contributed by atoms with van der Waals surface area (Å²) in [5, 5.41) is 9.85. The molecule has 0 radical (unpaired) electrons. The zero-order chi connectivity index (χ0) is 11.1. The Morgan fingerprint density at radius 1 is 1.47 bits per heavy atom. The van der Waals surface area contributed by atoms with Crippen LogP contribution < -0.4 is 0 Å². The van der Waals surface area contributed by atoms with Gasteiger partial charge in [-0.25, -0.2) is 0 Å². The van der Waals surface area contributed by atoms with Crippen LogP contribution in [0.2, 0.25) is 4.82 Å². The Morgan fingerprint density at radius 2 is 2.20 bits per heavy atom. The fourth-order valence-corrected chi connectivity index (χ4v) is 5.99. The topological polar surface area (TPSA) is 20.2 Å². The molecule has 1 nitrogen and oxygen atoms in total. The van der Waals surface area contributed by atoms with Crippen LogP contribution in [0.5, 0.6) is 0 Å². The molecular weight excluding hydrogens is 271 g/mol. The second kappa shape index (κ2) is 7.78. The Morgan fingerprint density at radius 3 is 2.87 bits per heavy atom. The van der Waals surface area contributed by atoms with E-state index in [0.29, 0.717) is 19.8 Å². The maximum atomic E-state index is 9.85. The van der Waals surface area contributed by atoms with Gasteiger partial charge in [0.15, 0.2) is 0 Å². The van der Waals surface area contributed by atoms with E-state index in [9.17, 15) is 5.11 Å². The van der Waals surface area contributed by atoms with Crippen LogP contribution in [0.25, 0.3) is 0 Å². The summed E-state index contributed by atoms with van der Waals surface area (Å²) in [6.45, 7) is 6.36. The van der Waals surface area contributed by atoms with E-state index in [0.717, 1.165) is 6.42 Å². The van der Waals surface area contributed by atoms with E-state index in [-0.39, 0.29) is 6.10 Å². The molecule has 0 aromatic heterocycles. The summed E-state index contributed by atoms with van der Waals surface area (Å²) in [6.07, 6.45) is 7.25. The van der Waals surface area contributed by atoms with E-state index < -0.39 is 0 Å². The molecule has 1 aliphatic carbocycles. The molecule has 88 valence electrons. The van der Waals surface area contributed by atoms with Gasteiger partial charge >= 0.3 is 104 Å². The molecule has 0 saturated heterocycles. The quantitative estimate of drug-likeness (QED) is 0.598. The molecule has 0 amide bonds. The maximum absolute atomic E-state index is 9.85. The first-order chi connectivity index (χ1) is 7.24. The molecule has 15 heavy (non-hydrogen) atoms. The number of aliphatic hydroxyl groups is 1. The molecule has 0 bridgehead atoms. The number of rotatable bonds is 6. The van der Waals surface area contributed by atoms with Crippen LogP contribution in [0, 0.1) is 0 Å². The van der Waals surface area contributed by atoms with E-state index in [4.69, 9.17) is 0 Å². The summed E-state index contributed by atoms with van der Waals surface area (Å²) >= 11 is 2.36. The average Bonchev–Trinajstić information content (AvgIpc) is 2.22. The second-order valence-corrected chi connectivity index (χ2v) is 8.65. The van der Waals surface area contributed by atoms with E-state index in [1.165, 1.54) is 41.7 Å². The van der Waals surface area contributed by atoms with Crippen LogP contribution in [-0.2, 0) is 0 Å². The molecule has 1 fully saturated rings. The normalized spacial score (nSPS) is 26.5. The van der Waals surface area contributed by atoms with Crippen molar-refractivity contribution in [2.24, 2.45) is 0 Å². The van der Waals surface area contributed by atoms with Gasteiger partial charge in [0.05, 0.1) is 0 Å². The van der Waals surface area contributed by atoms with E-state index in [1.54, 1.807) is 0 Å². The Bertz CT molecular complexity index is 196. The minimum absolute atomic E-state index is 0.0396. The summed E-state index contributed by atoms with van der Waals surface area (Å²) < 4.78 is 1.34. The molecule has 2 atom stereocenters. The fourth-order valence-electron chi connectivity index (χ4n) is 1.75. The van der Waals surface area contributed by atoms with Gasteiger partial charge < -0.3 is 0 Å². The molecule has 1 saturated carbocycles. The molecular formula is C12H22OSSe. The van der Waals surface area contributed by atoms with Gasteiger partial charge in [-0.05, 0) is 0 Å². The Kier molecular flexibility index (Phi) is 7.07. The minimum atomic E-state index is -0.0396. The standard InChI is InChI=1S/C12H22OSSe/c1-3-4-9-14-10(2)15-12-8-6-5-7-11(12)13/h11-13H,2-9H2,1H3/t11-,12-/m0/s1. The molecule has 0 heterocycles. The van der Waals surface area contributed by atoms with Crippen molar-refractivity contribution < 1.29 is 5.11 Å². The van der Waals surface area contributed by atoms with E-state index >= 15 is 0 Å². The average molecular weight is 293 g/mol. The van der Waals surface area contributed by atoms with Crippen LogP contribution in [-0.4, -0.2) is 31.9 Å². The third-order valence-electron chi connectivity index (χ3n) is 2.71. The van der Waals surface area contributed by atoms with Crippen molar-refractivity contribution in [3.63, 3.8) is 0 Å². The number of hydrogen-bond acceptors (Lipinski definition) is 2. The van der Waals surface area contributed by atoms with Gasteiger partial charge in [-0.3, -0.25) is 0 Å². The van der Waals surface area contributed by atoms with Crippen LogP contribution in [0.1, 0.15) is 45.4 Å². The first-order valence-electron chi connectivity index (χ1n) is 5.90. The first-order valence-corrected chi connectivity index (χ1v) is 8.73. The summed E-state index contributed by atoms with van der Waals surface area (Å²) in [7, 11) is 0. The van der Waals surface area contributed by atoms with E-state index in [1.807, 2.05) is 11.8 Å². The SMILES string of the molecule is C=C(SCCCC)[Se][C@H]1CCCC[C@@H]1O. The zero-order valence-electron chi connectivity index (χ0n) is 9.58. The number of aliphatic hydroxyl groups excluding tert-OH is 1. The van der Waals surface area contributed by atoms with Crippen molar-refractivity contribution in [3.05, 3.63) is 10.4 Å². The first kappa shape index (κ1) is 13.6. The molecule has 0 aliphatic heterocycles. The predicted molar refractivity (Wildman–Crippen MR) is 70.5 cm³/mol. The zero-order valence-corrected chi connectivity index (χ0v) is 12.1. The Hall–Kier alpha value is 0.569. The molecule has 0 spiro atoms. The van der Waals surface area contributed by atoms with E-state index in [2.05, 4.69) is 13.5 Å². The van der Waals surface area contributed by atoms with Crippen LogP contribution in [0.4, 0.5) is 0 Å². The molecule has 0 aromatic rings. The molecule has 1 aliphatic rings. The van der Waals surface area contributed by atoms with Gasteiger partial charge in [0.2, 0.25) is 0 Å². The van der Waals surface area contributed by atoms with Crippen molar-refractivity contribution >= 4 is 26.7 Å². The van der Waals surface area contributed by atoms with Gasteiger partial charge in [-0.1, -0.05) is 0 Å². The van der Waals surface area contributed by atoms with Gasteiger partial charge in [-0.2, -0.15) is 0 Å². The number of unbranched alkanes of at least 4 members (excludes halogenated alkanes) is 1. The molecule has 1 rings (SSSR count). The van der Waals surface area contributed by atoms with Crippen LogP contribution >= 0.6 is 11.8 Å². The monoisotopic (exact) mass is 294 g/mol. The molecule has 3 heteroatoms. The summed E-state index contributed by atoms with van der Waals surface area (Å²) in [4.78, 5) is 0.549. The summed E-state index contributed by atoms with van der Waals surface area (Å²) in [5.74, 6) is 1.21. The van der Waals surface area contributed by atoms with Crippen molar-refractivity contribution in [1.82, 2.24) is 0 Å². The van der Waals surface area contributed by atoms with Gasteiger partial charge in [0, 0.05) is 0 Å². The molecule has 1 N–H and O–H groups in total. The van der Waals surface area contributed by atoms with Crippen molar-refractivity contribution in [3.8, 4) is 0 Å². The summed E-state index contributed by atoms with van der Waals surface area (Å²) in [6, 6.07) is 0. The third kappa shape index (κ3) is 5.44. The number of thioether (sulfide) groups is 1. The third-order valence-corrected chi connectivity index (χ3v) is 7.11. The van der Waals surface area contributed by atoms with Gasteiger partial charge in [0.25, 0.3) is 0 Å². The second-order valence-electron chi connectivity index (χ2n) is 4.08. The Labute approximate surface area is 104 Å². The number of hydrogen-bond donors (Lipinski definition) is 1. The fraction of sp³-hybridized carbons (Fsp3) is 0.833. The van der Waals surface area contributed by atoms with Gasteiger partial charge in [0.1, 0.15) is 0 Å². The van der Waals surface area contributed by atoms with Crippen molar-refractivity contribution in [1.29, 1.82) is 0 Å². The van der Waals surface area contributed by atoms with Crippen molar-refractivity contribution in [2.45, 2.75) is 56.4 Å². The summed E-state index contributed by atoms with van der Waals surface area (Å²) in [5.41, 5.74) is 0. The van der Waals surface area contributed by atoms with Crippen molar-refractivity contribution in [2.75, 3.05) is 5.75 Å².